The molecule has 182 valence electrons. The molecule has 0 aliphatic carbocycles. The van der Waals surface area contributed by atoms with Gasteiger partial charge in [-0.3, -0.25) is 0 Å². The maximum Gasteiger partial charge on any atom is 0.187 e. The van der Waals surface area contributed by atoms with Crippen molar-refractivity contribution in [1.82, 2.24) is 0 Å². The van der Waals surface area contributed by atoms with Crippen LogP contribution in [0.2, 0.25) is 0 Å². The Morgan fingerprint density at radius 3 is 1.56 bits per heavy atom. The summed E-state index contributed by atoms with van der Waals surface area (Å²) in [6.07, 6.45) is -3.10. The summed E-state index contributed by atoms with van der Waals surface area (Å²) >= 11 is 0. The molecule has 0 saturated carbocycles. The SMILES string of the molecule is CC1(C)O[C@H]2[C@H](O1)[C@@H]1OC[C@H](O1)[C@@H]2OCC(N)CO[C@H]1[C@@H]2OC(C)(C)O[C@H]2[C@H]2OC[C@H]1O2. The summed E-state index contributed by atoms with van der Waals surface area (Å²) in [7, 11) is 0. The summed E-state index contributed by atoms with van der Waals surface area (Å²) in [6, 6.07) is -0.363. The Hall–Kier alpha value is -0.440. The molecule has 0 aromatic carbocycles. The van der Waals surface area contributed by atoms with E-state index in [2.05, 4.69) is 0 Å². The summed E-state index contributed by atoms with van der Waals surface area (Å²) in [4.78, 5) is 0. The first-order valence-corrected chi connectivity index (χ1v) is 11.4. The number of hydrogen-bond acceptors (Lipinski definition) is 11. The molecule has 6 saturated heterocycles. The zero-order valence-electron chi connectivity index (χ0n) is 18.8. The normalized spacial score (nSPS) is 50.9. The molecule has 11 nitrogen and oxygen atoms in total. The van der Waals surface area contributed by atoms with Crippen molar-refractivity contribution in [3.63, 3.8) is 0 Å². The first kappa shape index (κ1) is 22.1. The summed E-state index contributed by atoms with van der Waals surface area (Å²) < 4.78 is 59.8. The van der Waals surface area contributed by atoms with Gasteiger partial charge in [-0.15, -0.1) is 0 Å². The van der Waals surface area contributed by atoms with Gasteiger partial charge in [0.15, 0.2) is 24.2 Å². The highest BCUT2D eigenvalue weighted by molar-refractivity contribution is 5.01. The quantitative estimate of drug-likeness (QED) is 0.561. The minimum Gasteiger partial charge on any atom is -0.371 e. The number of fused-ring (bicyclic) bond motifs is 8. The third-order valence-corrected chi connectivity index (χ3v) is 6.72. The molecule has 6 heterocycles. The number of rotatable bonds is 6. The van der Waals surface area contributed by atoms with Crippen LogP contribution in [0, 0.1) is 0 Å². The molecule has 11 heteroatoms. The molecule has 6 rings (SSSR count). The maximum absolute atomic E-state index is 6.35. The lowest BCUT2D eigenvalue weighted by molar-refractivity contribution is -0.213. The van der Waals surface area contributed by atoms with Crippen molar-refractivity contribution in [3.8, 4) is 0 Å². The summed E-state index contributed by atoms with van der Waals surface area (Å²) in [5, 5.41) is 0. The predicted molar refractivity (Wildman–Crippen MR) is 104 cm³/mol. The lowest BCUT2D eigenvalue weighted by Gasteiger charge is -2.36. The van der Waals surface area contributed by atoms with Crippen molar-refractivity contribution >= 4 is 0 Å². The van der Waals surface area contributed by atoms with E-state index in [9.17, 15) is 0 Å². The van der Waals surface area contributed by atoms with E-state index in [-0.39, 0.29) is 68.1 Å². The van der Waals surface area contributed by atoms with Gasteiger partial charge < -0.3 is 53.1 Å². The van der Waals surface area contributed by atoms with E-state index >= 15 is 0 Å². The van der Waals surface area contributed by atoms with Crippen LogP contribution in [0.25, 0.3) is 0 Å². The van der Waals surface area contributed by atoms with Crippen LogP contribution in [-0.2, 0) is 47.4 Å². The number of ether oxygens (including phenoxy) is 10. The van der Waals surface area contributed by atoms with E-state index in [1.807, 2.05) is 27.7 Å². The molecule has 0 aromatic heterocycles. The van der Waals surface area contributed by atoms with Gasteiger partial charge in [0.1, 0.15) is 48.8 Å². The highest BCUT2D eigenvalue weighted by Crippen LogP contribution is 2.43. The molecular formula is C21H33NO10. The van der Waals surface area contributed by atoms with Gasteiger partial charge in [-0.1, -0.05) is 0 Å². The van der Waals surface area contributed by atoms with Gasteiger partial charge in [-0.2, -0.15) is 0 Å². The van der Waals surface area contributed by atoms with Gasteiger partial charge in [0.05, 0.1) is 32.5 Å². The molecule has 0 radical (unpaired) electrons. The van der Waals surface area contributed by atoms with Crippen LogP contribution < -0.4 is 5.73 Å². The second-order valence-electron chi connectivity index (χ2n) is 10.2. The molecule has 6 fully saturated rings. The van der Waals surface area contributed by atoms with Crippen molar-refractivity contribution in [1.29, 1.82) is 0 Å². The second kappa shape index (κ2) is 7.79. The van der Waals surface area contributed by atoms with E-state index < -0.39 is 24.2 Å². The fourth-order valence-corrected chi connectivity index (χ4v) is 5.48. The molecule has 0 aromatic rings. The molecule has 2 N–H and O–H groups in total. The maximum atomic E-state index is 6.35. The smallest absolute Gasteiger partial charge is 0.187 e. The minimum atomic E-state index is -0.713. The summed E-state index contributed by atoms with van der Waals surface area (Å²) in [5.41, 5.74) is 6.35. The van der Waals surface area contributed by atoms with E-state index in [0.29, 0.717) is 13.2 Å². The molecule has 6 aliphatic heterocycles. The first-order valence-electron chi connectivity index (χ1n) is 11.4. The van der Waals surface area contributed by atoms with E-state index in [1.165, 1.54) is 0 Å². The number of hydrogen-bond donors (Lipinski definition) is 1. The van der Waals surface area contributed by atoms with Gasteiger partial charge in [-0.25, -0.2) is 0 Å². The average molecular weight is 459 g/mol. The lowest BCUT2D eigenvalue weighted by Crippen LogP contribution is -2.55. The standard InChI is InChI=1S/C21H33NO10/c1-20(2)29-14-12(10-7-25-18(27-10)16(14)31-20)23-5-9(22)6-24-13-11-8-26-19(28-11)17-15(13)30-21(3,4)32-17/h9-19H,5-8,22H2,1-4H3/t9?,10-,11+,12-,13+,14+,15-,16-,17+,18+,19-. The van der Waals surface area contributed by atoms with Crippen LogP contribution in [0.5, 0.6) is 0 Å². The molecule has 0 amide bonds. The van der Waals surface area contributed by atoms with Crippen molar-refractivity contribution in [2.24, 2.45) is 5.73 Å². The third-order valence-electron chi connectivity index (χ3n) is 6.72. The zero-order chi connectivity index (χ0) is 22.3. The third kappa shape index (κ3) is 3.81. The molecule has 11 atom stereocenters. The molecule has 1 unspecified atom stereocenters. The Morgan fingerprint density at radius 1 is 0.719 bits per heavy atom. The molecule has 6 aliphatic rings. The predicted octanol–water partition coefficient (Wildman–Crippen LogP) is -0.365. The summed E-state index contributed by atoms with van der Waals surface area (Å²) in [5.74, 6) is -1.43. The molecule has 4 bridgehead atoms. The Balaban J connectivity index is 1.05. The number of nitrogens with two attached hydrogens (primary N) is 1. The van der Waals surface area contributed by atoms with Gasteiger partial charge in [0, 0.05) is 0 Å². The summed E-state index contributed by atoms with van der Waals surface area (Å²) in [6.45, 7) is 8.95. The monoisotopic (exact) mass is 459 g/mol. The fraction of sp³-hybridized carbons (Fsp3) is 1.00. The highest BCUT2D eigenvalue weighted by Gasteiger charge is 2.60. The van der Waals surface area contributed by atoms with Crippen LogP contribution in [0.1, 0.15) is 27.7 Å². The van der Waals surface area contributed by atoms with Crippen molar-refractivity contribution in [2.45, 2.75) is 107 Å². The lowest BCUT2D eigenvalue weighted by atomic mass is 10.0. The Bertz CT molecular complexity index is 663. The molecule has 32 heavy (non-hydrogen) atoms. The molecule has 0 spiro atoms. The largest absolute Gasteiger partial charge is 0.371 e. The van der Waals surface area contributed by atoms with Crippen LogP contribution in [0.4, 0.5) is 0 Å². The van der Waals surface area contributed by atoms with Crippen LogP contribution in [0.15, 0.2) is 0 Å². The van der Waals surface area contributed by atoms with E-state index in [1.54, 1.807) is 0 Å². The van der Waals surface area contributed by atoms with Gasteiger partial charge in [0.25, 0.3) is 0 Å². The Morgan fingerprint density at radius 2 is 1.12 bits per heavy atom. The van der Waals surface area contributed by atoms with E-state index in [4.69, 9.17) is 53.1 Å². The highest BCUT2D eigenvalue weighted by atomic mass is 16.8. The fourth-order valence-electron chi connectivity index (χ4n) is 5.48. The van der Waals surface area contributed by atoms with Crippen molar-refractivity contribution in [3.05, 3.63) is 0 Å². The zero-order valence-corrected chi connectivity index (χ0v) is 18.8. The minimum absolute atomic E-state index is 0.210. The van der Waals surface area contributed by atoms with Gasteiger partial charge in [0.2, 0.25) is 0 Å². The van der Waals surface area contributed by atoms with Crippen molar-refractivity contribution < 1.29 is 47.4 Å². The second-order valence-corrected chi connectivity index (χ2v) is 10.2. The average Bonchev–Trinajstić information content (AvgIpc) is 3.46. The first-order chi connectivity index (χ1) is 15.2. The Labute approximate surface area is 186 Å². The van der Waals surface area contributed by atoms with Crippen LogP contribution >= 0.6 is 0 Å². The van der Waals surface area contributed by atoms with E-state index in [0.717, 1.165) is 0 Å². The van der Waals surface area contributed by atoms with Gasteiger partial charge >= 0.3 is 0 Å². The topological polar surface area (TPSA) is 118 Å². The van der Waals surface area contributed by atoms with Gasteiger partial charge in [-0.05, 0) is 27.7 Å². The van der Waals surface area contributed by atoms with Crippen molar-refractivity contribution in [2.75, 3.05) is 26.4 Å². The van der Waals surface area contributed by atoms with Crippen LogP contribution in [0.3, 0.4) is 0 Å². The molecular weight excluding hydrogens is 426 g/mol. The Kier molecular flexibility index (Phi) is 5.37. The van der Waals surface area contributed by atoms with Crippen LogP contribution in [-0.4, -0.2) is 105 Å².